The van der Waals surface area contributed by atoms with Crippen molar-refractivity contribution in [3.63, 3.8) is 0 Å². The molecule has 2 aromatic heterocycles. The Morgan fingerprint density at radius 1 is 1.05 bits per heavy atom. The molecule has 0 aliphatic heterocycles. The Hall–Kier alpha value is -1.71. The lowest BCUT2D eigenvalue weighted by atomic mass is 10.1. The zero-order valence-corrected chi connectivity index (χ0v) is 13.5. The molecule has 0 atom stereocenters. The second kappa shape index (κ2) is 5.96. The summed E-state index contributed by atoms with van der Waals surface area (Å²) in [6.07, 6.45) is 1.02. The molecule has 0 saturated heterocycles. The van der Waals surface area contributed by atoms with Crippen LogP contribution in [-0.4, -0.2) is 9.97 Å². The number of thiophene rings is 1. The van der Waals surface area contributed by atoms with E-state index < -0.39 is 0 Å². The summed E-state index contributed by atoms with van der Waals surface area (Å²) in [4.78, 5) is 11.6. The molecule has 0 fully saturated rings. The van der Waals surface area contributed by atoms with Crippen LogP contribution in [0.15, 0.2) is 42.5 Å². The fourth-order valence-electron chi connectivity index (χ4n) is 2.16. The van der Waals surface area contributed by atoms with Crippen LogP contribution in [0.3, 0.4) is 0 Å². The van der Waals surface area contributed by atoms with Crippen molar-refractivity contribution < 1.29 is 0 Å². The van der Waals surface area contributed by atoms with Crippen LogP contribution >= 0.6 is 22.9 Å². The van der Waals surface area contributed by atoms with Crippen molar-refractivity contribution >= 4 is 22.9 Å². The number of aryl methyl sites for hydroxylation is 1. The van der Waals surface area contributed by atoms with E-state index in [9.17, 15) is 0 Å². The number of hydrogen-bond donors (Lipinski definition) is 0. The molecule has 1 aromatic carbocycles. The Bertz CT molecular complexity index is 766. The first-order valence-electron chi connectivity index (χ1n) is 6.87. The molecule has 106 valence electrons. The maximum atomic E-state index is 6.31. The average Bonchev–Trinajstić information content (AvgIpc) is 3.00. The topological polar surface area (TPSA) is 25.8 Å². The third-order valence-corrected chi connectivity index (χ3v) is 4.96. The smallest absolute Gasteiger partial charge is 0.171 e. The summed E-state index contributed by atoms with van der Waals surface area (Å²) < 4.78 is 0. The van der Waals surface area contributed by atoms with E-state index in [1.54, 1.807) is 11.3 Å². The summed E-state index contributed by atoms with van der Waals surface area (Å²) in [7, 11) is 0. The van der Waals surface area contributed by atoms with Crippen LogP contribution in [0.25, 0.3) is 22.0 Å². The highest BCUT2D eigenvalue weighted by Crippen LogP contribution is 2.31. The van der Waals surface area contributed by atoms with Crippen LogP contribution in [0, 0.1) is 6.92 Å². The third-order valence-electron chi connectivity index (χ3n) is 3.36. The van der Waals surface area contributed by atoms with Crippen molar-refractivity contribution in [1.29, 1.82) is 0 Å². The van der Waals surface area contributed by atoms with Crippen LogP contribution in [0.5, 0.6) is 0 Å². The molecule has 0 amide bonds. The molecule has 0 N–H and O–H groups in total. The maximum Gasteiger partial charge on any atom is 0.171 e. The van der Waals surface area contributed by atoms with Crippen LogP contribution in [-0.2, 0) is 6.42 Å². The number of hydrogen-bond acceptors (Lipinski definition) is 3. The standard InChI is InChI=1S/C17H15ClN2S/c1-3-13-9-10-14(21-13)17-19-15(11(2)16(18)20-17)12-7-5-4-6-8-12/h4-10H,3H2,1-2H3. The molecule has 0 unspecified atom stereocenters. The van der Waals surface area contributed by atoms with Gasteiger partial charge in [-0.05, 0) is 25.5 Å². The first-order chi connectivity index (χ1) is 10.2. The Labute approximate surface area is 133 Å². The highest BCUT2D eigenvalue weighted by atomic mass is 35.5. The number of aromatic nitrogens is 2. The van der Waals surface area contributed by atoms with E-state index in [0.29, 0.717) is 11.0 Å². The predicted octanol–water partition coefficient (Wildman–Crippen LogP) is 5.40. The lowest BCUT2D eigenvalue weighted by Crippen LogP contribution is -1.96. The van der Waals surface area contributed by atoms with Crippen molar-refractivity contribution in [3.8, 4) is 22.0 Å². The van der Waals surface area contributed by atoms with E-state index in [1.807, 2.05) is 37.3 Å². The Kier molecular flexibility index (Phi) is 4.04. The van der Waals surface area contributed by atoms with Gasteiger partial charge >= 0.3 is 0 Å². The summed E-state index contributed by atoms with van der Waals surface area (Å²) in [5.41, 5.74) is 2.88. The summed E-state index contributed by atoms with van der Waals surface area (Å²) in [5.74, 6) is 0.703. The molecule has 0 spiro atoms. The monoisotopic (exact) mass is 314 g/mol. The van der Waals surface area contributed by atoms with E-state index >= 15 is 0 Å². The van der Waals surface area contributed by atoms with Gasteiger partial charge in [-0.15, -0.1) is 11.3 Å². The van der Waals surface area contributed by atoms with Crippen molar-refractivity contribution in [2.24, 2.45) is 0 Å². The number of benzene rings is 1. The zero-order chi connectivity index (χ0) is 14.8. The fraction of sp³-hybridized carbons (Fsp3) is 0.176. The van der Waals surface area contributed by atoms with Crippen molar-refractivity contribution in [1.82, 2.24) is 9.97 Å². The van der Waals surface area contributed by atoms with Gasteiger partial charge in [0.05, 0.1) is 10.6 Å². The Balaban J connectivity index is 2.14. The quantitative estimate of drug-likeness (QED) is 0.605. The molecule has 21 heavy (non-hydrogen) atoms. The van der Waals surface area contributed by atoms with E-state index in [0.717, 1.165) is 28.1 Å². The van der Waals surface area contributed by atoms with Gasteiger partial charge in [0.1, 0.15) is 5.15 Å². The largest absolute Gasteiger partial charge is 0.227 e. The van der Waals surface area contributed by atoms with Gasteiger partial charge in [-0.25, -0.2) is 9.97 Å². The van der Waals surface area contributed by atoms with Gasteiger partial charge in [0, 0.05) is 16.0 Å². The van der Waals surface area contributed by atoms with Gasteiger partial charge in [0.2, 0.25) is 0 Å². The zero-order valence-electron chi connectivity index (χ0n) is 11.9. The highest BCUT2D eigenvalue weighted by molar-refractivity contribution is 7.15. The Morgan fingerprint density at radius 3 is 2.48 bits per heavy atom. The minimum atomic E-state index is 0.519. The lowest BCUT2D eigenvalue weighted by Gasteiger charge is -2.08. The van der Waals surface area contributed by atoms with Gasteiger partial charge < -0.3 is 0 Å². The van der Waals surface area contributed by atoms with Crippen LogP contribution in [0.1, 0.15) is 17.4 Å². The SMILES string of the molecule is CCc1ccc(-c2nc(Cl)c(C)c(-c3ccccc3)n2)s1. The molecule has 0 saturated carbocycles. The molecule has 0 bridgehead atoms. The molecule has 4 heteroatoms. The van der Waals surface area contributed by atoms with Gasteiger partial charge in [0.15, 0.2) is 5.82 Å². The molecule has 3 aromatic rings. The van der Waals surface area contributed by atoms with E-state index in [1.165, 1.54) is 4.88 Å². The third kappa shape index (κ3) is 2.85. The van der Waals surface area contributed by atoms with Crippen LogP contribution in [0.4, 0.5) is 0 Å². The predicted molar refractivity (Wildman–Crippen MR) is 89.9 cm³/mol. The van der Waals surface area contributed by atoms with E-state index in [-0.39, 0.29) is 0 Å². The van der Waals surface area contributed by atoms with Crippen LogP contribution < -0.4 is 0 Å². The minimum absolute atomic E-state index is 0.519. The molecule has 0 radical (unpaired) electrons. The van der Waals surface area contributed by atoms with Gasteiger partial charge in [-0.2, -0.15) is 0 Å². The minimum Gasteiger partial charge on any atom is -0.227 e. The number of nitrogens with zero attached hydrogens (tertiary/aromatic N) is 2. The maximum absolute atomic E-state index is 6.31. The first kappa shape index (κ1) is 14.2. The highest BCUT2D eigenvalue weighted by Gasteiger charge is 2.13. The van der Waals surface area contributed by atoms with E-state index in [2.05, 4.69) is 24.0 Å². The first-order valence-corrected chi connectivity index (χ1v) is 8.07. The molecular weight excluding hydrogens is 300 g/mol. The molecule has 3 rings (SSSR count). The van der Waals surface area contributed by atoms with Crippen LogP contribution in [0.2, 0.25) is 5.15 Å². The fourth-order valence-corrected chi connectivity index (χ4v) is 3.22. The summed E-state index contributed by atoms with van der Waals surface area (Å²) >= 11 is 8.03. The van der Waals surface area contributed by atoms with Gasteiger partial charge in [0.25, 0.3) is 0 Å². The molecule has 2 heterocycles. The summed E-state index contributed by atoms with van der Waals surface area (Å²) in [5, 5.41) is 0.519. The second-order valence-corrected chi connectivity index (χ2v) is 6.32. The van der Waals surface area contributed by atoms with Crippen molar-refractivity contribution in [3.05, 3.63) is 58.1 Å². The van der Waals surface area contributed by atoms with Gasteiger partial charge in [-0.3, -0.25) is 0 Å². The summed E-state index contributed by atoms with van der Waals surface area (Å²) in [6.45, 7) is 4.11. The van der Waals surface area contributed by atoms with E-state index in [4.69, 9.17) is 16.6 Å². The summed E-state index contributed by atoms with van der Waals surface area (Å²) in [6, 6.07) is 14.3. The number of rotatable bonds is 3. The van der Waals surface area contributed by atoms with Crippen molar-refractivity contribution in [2.75, 3.05) is 0 Å². The second-order valence-electron chi connectivity index (χ2n) is 4.80. The molecule has 2 nitrogen and oxygen atoms in total. The molecule has 0 aliphatic carbocycles. The normalized spacial score (nSPS) is 10.8. The lowest BCUT2D eigenvalue weighted by molar-refractivity contribution is 1.15. The number of halogens is 1. The van der Waals surface area contributed by atoms with Gasteiger partial charge in [-0.1, -0.05) is 48.9 Å². The Morgan fingerprint density at radius 2 is 1.81 bits per heavy atom. The van der Waals surface area contributed by atoms with Crippen molar-refractivity contribution in [2.45, 2.75) is 20.3 Å². The average molecular weight is 315 g/mol. The molecule has 0 aliphatic rings. The molecular formula is C17H15ClN2S.